The average molecular weight is 216 g/mol. The maximum atomic E-state index is 4.48. The molecule has 16 heavy (non-hydrogen) atoms. The molecule has 4 heteroatoms. The molecule has 1 aromatic carbocycles. The molecule has 2 aromatic rings. The molecule has 0 saturated heterocycles. The highest BCUT2D eigenvalue weighted by molar-refractivity contribution is 5.55. The van der Waals surface area contributed by atoms with Crippen molar-refractivity contribution in [1.29, 1.82) is 0 Å². The number of anilines is 1. The molecule has 0 saturated carbocycles. The van der Waals surface area contributed by atoms with Crippen LogP contribution in [0.1, 0.15) is 13.8 Å². The Morgan fingerprint density at radius 3 is 2.44 bits per heavy atom. The van der Waals surface area contributed by atoms with E-state index in [9.17, 15) is 0 Å². The third kappa shape index (κ3) is 2.05. The van der Waals surface area contributed by atoms with E-state index >= 15 is 0 Å². The second-order valence-electron chi connectivity index (χ2n) is 3.52. The van der Waals surface area contributed by atoms with Crippen molar-refractivity contribution < 1.29 is 0 Å². The van der Waals surface area contributed by atoms with Crippen molar-refractivity contribution in [3.63, 3.8) is 0 Å². The lowest BCUT2D eigenvalue weighted by atomic mass is 10.2. The maximum Gasteiger partial charge on any atom is 0.244 e. The zero-order valence-corrected chi connectivity index (χ0v) is 9.64. The molecule has 0 fully saturated rings. The lowest BCUT2D eigenvalue weighted by Gasteiger charge is -2.14. The molecule has 0 bridgehead atoms. The molecular formula is C12H16N4. The fourth-order valence-electron chi connectivity index (χ4n) is 1.63. The van der Waals surface area contributed by atoms with Gasteiger partial charge < -0.3 is 4.90 Å². The average Bonchev–Trinajstić information content (AvgIpc) is 2.81. The Morgan fingerprint density at radius 2 is 1.81 bits per heavy atom. The number of benzene rings is 1. The highest BCUT2D eigenvalue weighted by Gasteiger charge is 2.09. The van der Waals surface area contributed by atoms with Crippen LogP contribution in [0.2, 0.25) is 0 Å². The molecule has 0 spiro atoms. The van der Waals surface area contributed by atoms with Gasteiger partial charge in [-0.05, 0) is 13.8 Å². The fraction of sp³-hybridized carbons (Fsp3) is 0.333. The quantitative estimate of drug-likeness (QED) is 0.853. The minimum atomic E-state index is 0.767. The standard InChI is InChI=1S/C12H16N4/c1-3-16(4-2)12-13-11(14-15-12)10-8-6-5-7-9-10/h5-9H,3-4H2,1-2H3,(H,13,14,15). The number of aromatic nitrogens is 3. The van der Waals surface area contributed by atoms with E-state index in [1.165, 1.54) is 0 Å². The summed E-state index contributed by atoms with van der Waals surface area (Å²) in [5.74, 6) is 1.59. The van der Waals surface area contributed by atoms with Gasteiger partial charge in [0, 0.05) is 18.7 Å². The fourth-order valence-corrected chi connectivity index (χ4v) is 1.63. The molecule has 1 heterocycles. The summed E-state index contributed by atoms with van der Waals surface area (Å²) in [5, 5.41) is 7.19. The number of aromatic amines is 1. The van der Waals surface area contributed by atoms with Gasteiger partial charge in [-0.2, -0.15) is 4.98 Å². The van der Waals surface area contributed by atoms with Gasteiger partial charge in [0.15, 0.2) is 5.82 Å². The third-order valence-electron chi connectivity index (χ3n) is 2.57. The van der Waals surface area contributed by atoms with E-state index in [0.29, 0.717) is 0 Å². The minimum Gasteiger partial charge on any atom is -0.340 e. The van der Waals surface area contributed by atoms with Gasteiger partial charge >= 0.3 is 0 Å². The SMILES string of the molecule is CCN(CC)c1n[nH]c(-c2ccccc2)n1. The molecule has 0 amide bonds. The summed E-state index contributed by atoms with van der Waals surface area (Å²) in [5.41, 5.74) is 1.06. The van der Waals surface area contributed by atoms with Crippen molar-refractivity contribution in [1.82, 2.24) is 15.2 Å². The lowest BCUT2D eigenvalue weighted by molar-refractivity contribution is 0.824. The zero-order valence-electron chi connectivity index (χ0n) is 9.64. The first kappa shape index (κ1) is 10.7. The van der Waals surface area contributed by atoms with Crippen molar-refractivity contribution in [2.75, 3.05) is 18.0 Å². The summed E-state index contributed by atoms with van der Waals surface area (Å²) in [7, 11) is 0. The number of hydrogen-bond acceptors (Lipinski definition) is 3. The van der Waals surface area contributed by atoms with Crippen LogP contribution >= 0.6 is 0 Å². The summed E-state index contributed by atoms with van der Waals surface area (Å²) < 4.78 is 0. The van der Waals surface area contributed by atoms with Crippen molar-refractivity contribution in [2.45, 2.75) is 13.8 Å². The van der Waals surface area contributed by atoms with Crippen LogP contribution in [-0.4, -0.2) is 28.3 Å². The summed E-state index contributed by atoms with van der Waals surface area (Å²) >= 11 is 0. The number of nitrogens with one attached hydrogen (secondary N) is 1. The van der Waals surface area contributed by atoms with Gasteiger partial charge in [-0.1, -0.05) is 30.3 Å². The van der Waals surface area contributed by atoms with E-state index in [1.54, 1.807) is 0 Å². The van der Waals surface area contributed by atoms with Gasteiger partial charge in [-0.25, -0.2) is 0 Å². The summed E-state index contributed by atoms with van der Waals surface area (Å²) in [6.07, 6.45) is 0. The summed E-state index contributed by atoms with van der Waals surface area (Å²) in [4.78, 5) is 6.60. The van der Waals surface area contributed by atoms with Crippen LogP contribution in [0.15, 0.2) is 30.3 Å². The van der Waals surface area contributed by atoms with Crippen LogP contribution in [0, 0.1) is 0 Å². The van der Waals surface area contributed by atoms with Crippen molar-refractivity contribution in [3.05, 3.63) is 30.3 Å². The van der Waals surface area contributed by atoms with Gasteiger partial charge in [-0.3, -0.25) is 5.10 Å². The minimum absolute atomic E-state index is 0.767. The Bertz CT molecular complexity index is 431. The van der Waals surface area contributed by atoms with Crippen LogP contribution < -0.4 is 4.90 Å². The first-order chi connectivity index (χ1) is 7.85. The molecule has 2 rings (SSSR count). The predicted molar refractivity (Wildman–Crippen MR) is 65.4 cm³/mol. The van der Waals surface area contributed by atoms with Gasteiger partial charge in [0.1, 0.15) is 0 Å². The molecule has 0 aliphatic rings. The third-order valence-corrected chi connectivity index (χ3v) is 2.57. The molecule has 0 unspecified atom stereocenters. The smallest absolute Gasteiger partial charge is 0.244 e. The van der Waals surface area contributed by atoms with E-state index < -0.39 is 0 Å². The van der Waals surface area contributed by atoms with Gasteiger partial charge in [-0.15, -0.1) is 5.10 Å². The van der Waals surface area contributed by atoms with E-state index in [2.05, 4.69) is 33.9 Å². The number of H-pyrrole nitrogens is 1. The number of rotatable bonds is 4. The summed E-state index contributed by atoms with van der Waals surface area (Å²) in [6, 6.07) is 10.0. The highest BCUT2D eigenvalue weighted by Crippen LogP contribution is 2.16. The second kappa shape index (κ2) is 4.79. The normalized spacial score (nSPS) is 10.4. The van der Waals surface area contributed by atoms with Gasteiger partial charge in [0.2, 0.25) is 5.95 Å². The zero-order chi connectivity index (χ0) is 11.4. The predicted octanol–water partition coefficient (Wildman–Crippen LogP) is 2.32. The monoisotopic (exact) mass is 216 g/mol. The summed E-state index contributed by atoms with van der Waals surface area (Å²) in [6.45, 7) is 6.04. The Hall–Kier alpha value is -1.84. The molecule has 1 N–H and O–H groups in total. The van der Waals surface area contributed by atoms with Crippen LogP contribution in [0.25, 0.3) is 11.4 Å². The van der Waals surface area contributed by atoms with Crippen molar-refractivity contribution in [2.24, 2.45) is 0 Å². The van der Waals surface area contributed by atoms with E-state index in [4.69, 9.17) is 0 Å². The van der Waals surface area contributed by atoms with Crippen LogP contribution in [0.3, 0.4) is 0 Å². The Balaban J connectivity index is 2.26. The molecule has 84 valence electrons. The van der Waals surface area contributed by atoms with E-state index in [1.807, 2.05) is 30.3 Å². The molecular weight excluding hydrogens is 200 g/mol. The first-order valence-electron chi connectivity index (χ1n) is 5.58. The van der Waals surface area contributed by atoms with Crippen LogP contribution in [0.4, 0.5) is 5.95 Å². The Labute approximate surface area is 95.3 Å². The Kier molecular flexibility index (Phi) is 3.19. The van der Waals surface area contributed by atoms with Crippen LogP contribution in [0.5, 0.6) is 0 Å². The van der Waals surface area contributed by atoms with Gasteiger partial charge in [0.25, 0.3) is 0 Å². The molecule has 0 radical (unpaired) electrons. The van der Waals surface area contributed by atoms with Crippen molar-refractivity contribution >= 4 is 5.95 Å². The number of nitrogens with zero attached hydrogens (tertiary/aromatic N) is 3. The molecule has 1 aromatic heterocycles. The molecule has 0 aliphatic heterocycles. The van der Waals surface area contributed by atoms with E-state index in [0.717, 1.165) is 30.4 Å². The van der Waals surface area contributed by atoms with E-state index in [-0.39, 0.29) is 0 Å². The molecule has 4 nitrogen and oxygen atoms in total. The first-order valence-corrected chi connectivity index (χ1v) is 5.58. The van der Waals surface area contributed by atoms with Crippen LogP contribution in [-0.2, 0) is 0 Å². The highest BCUT2D eigenvalue weighted by atomic mass is 15.4. The topological polar surface area (TPSA) is 44.8 Å². The maximum absolute atomic E-state index is 4.48. The second-order valence-corrected chi connectivity index (χ2v) is 3.52. The van der Waals surface area contributed by atoms with Crippen molar-refractivity contribution in [3.8, 4) is 11.4 Å². The lowest BCUT2D eigenvalue weighted by Crippen LogP contribution is -2.22. The largest absolute Gasteiger partial charge is 0.340 e. The Morgan fingerprint density at radius 1 is 1.12 bits per heavy atom. The number of hydrogen-bond donors (Lipinski definition) is 1. The van der Waals surface area contributed by atoms with Gasteiger partial charge in [0.05, 0.1) is 0 Å². The molecule has 0 atom stereocenters. The molecule has 0 aliphatic carbocycles.